The molecular weight excluding hydrogens is 324 g/mol. The van der Waals surface area contributed by atoms with Crippen molar-refractivity contribution in [3.05, 3.63) is 36.4 Å². The number of ether oxygens (including phenoxy) is 1. The SMILES string of the molecule is COc1nccc(-c2cnn(CC(=O)Nc3cnn(C)n3)c2)c1C#N. The molecule has 10 heteroatoms. The monoisotopic (exact) mass is 338 g/mol. The highest BCUT2D eigenvalue weighted by atomic mass is 16.5. The molecule has 0 unspecified atom stereocenters. The number of anilines is 1. The Morgan fingerprint density at radius 1 is 1.40 bits per heavy atom. The van der Waals surface area contributed by atoms with Gasteiger partial charge in [0.1, 0.15) is 18.2 Å². The van der Waals surface area contributed by atoms with E-state index in [1.165, 1.54) is 22.8 Å². The van der Waals surface area contributed by atoms with Gasteiger partial charge >= 0.3 is 0 Å². The number of hydrogen-bond donors (Lipinski definition) is 1. The average molecular weight is 338 g/mol. The number of carbonyl (C=O) groups excluding carboxylic acids is 1. The number of pyridine rings is 1. The summed E-state index contributed by atoms with van der Waals surface area (Å²) in [6.07, 6.45) is 6.25. The summed E-state index contributed by atoms with van der Waals surface area (Å²) in [6, 6.07) is 3.77. The number of methoxy groups -OCH3 is 1. The van der Waals surface area contributed by atoms with Gasteiger partial charge in [0.2, 0.25) is 11.8 Å². The maximum Gasteiger partial charge on any atom is 0.247 e. The van der Waals surface area contributed by atoms with Crippen LogP contribution in [0.2, 0.25) is 0 Å². The van der Waals surface area contributed by atoms with Crippen molar-refractivity contribution in [2.75, 3.05) is 12.4 Å². The summed E-state index contributed by atoms with van der Waals surface area (Å²) in [7, 11) is 3.11. The predicted molar refractivity (Wildman–Crippen MR) is 86.4 cm³/mol. The molecule has 126 valence electrons. The molecular formula is C15H14N8O2. The molecule has 0 atom stereocenters. The standard InChI is InChI=1S/C15H14N8O2/c1-22-18-7-13(21-22)20-14(24)9-23-8-10(6-19-23)11-3-4-17-15(25-2)12(11)5-16/h3-4,6-8H,9H2,1-2H3,(H,20,21,24). The lowest BCUT2D eigenvalue weighted by atomic mass is 10.1. The Kier molecular flexibility index (Phi) is 4.38. The van der Waals surface area contributed by atoms with Gasteiger partial charge in [0.25, 0.3) is 0 Å². The van der Waals surface area contributed by atoms with Crippen LogP contribution in [0.5, 0.6) is 5.88 Å². The van der Waals surface area contributed by atoms with Crippen molar-refractivity contribution < 1.29 is 9.53 Å². The first kappa shape index (κ1) is 16.1. The van der Waals surface area contributed by atoms with Crippen molar-refractivity contribution >= 4 is 11.7 Å². The Bertz CT molecular complexity index is 953. The van der Waals surface area contributed by atoms with Crippen LogP contribution in [0.15, 0.2) is 30.9 Å². The van der Waals surface area contributed by atoms with Gasteiger partial charge in [-0.25, -0.2) is 4.98 Å². The molecule has 1 amide bonds. The fourth-order valence-corrected chi connectivity index (χ4v) is 2.27. The number of aryl methyl sites for hydroxylation is 1. The topological polar surface area (TPSA) is 124 Å². The molecule has 3 aromatic heterocycles. The summed E-state index contributed by atoms with van der Waals surface area (Å²) in [6.45, 7) is 0.000674. The fourth-order valence-electron chi connectivity index (χ4n) is 2.27. The summed E-state index contributed by atoms with van der Waals surface area (Å²) in [5.74, 6) is 0.321. The molecule has 25 heavy (non-hydrogen) atoms. The van der Waals surface area contributed by atoms with E-state index >= 15 is 0 Å². The van der Waals surface area contributed by atoms with Gasteiger partial charge in [0.05, 0.1) is 19.5 Å². The predicted octanol–water partition coefficient (Wildman–Crippen LogP) is 0.593. The van der Waals surface area contributed by atoms with Gasteiger partial charge in [-0.2, -0.15) is 20.3 Å². The third kappa shape index (κ3) is 3.45. The molecule has 0 saturated heterocycles. The summed E-state index contributed by atoms with van der Waals surface area (Å²) in [5, 5.41) is 24.0. The number of nitrogens with zero attached hydrogens (tertiary/aromatic N) is 7. The van der Waals surface area contributed by atoms with E-state index in [9.17, 15) is 10.1 Å². The van der Waals surface area contributed by atoms with Gasteiger partial charge in [-0.15, -0.1) is 5.10 Å². The van der Waals surface area contributed by atoms with E-state index < -0.39 is 0 Å². The Morgan fingerprint density at radius 2 is 2.24 bits per heavy atom. The van der Waals surface area contributed by atoms with Crippen LogP contribution in [0.25, 0.3) is 11.1 Å². The number of nitriles is 1. The molecule has 0 radical (unpaired) electrons. The van der Waals surface area contributed by atoms with E-state index in [4.69, 9.17) is 4.74 Å². The van der Waals surface area contributed by atoms with E-state index in [1.807, 2.05) is 0 Å². The molecule has 10 nitrogen and oxygen atoms in total. The van der Waals surface area contributed by atoms with E-state index in [0.717, 1.165) is 0 Å². The van der Waals surface area contributed by atoms with Gasteiger partial charge < -0.3 is 10.1 Å². The largest absolute Gasteiger partial charge is 0.480 e. The Hall–Kier alpha value is -3.74. The number of carbonyl (C=O) groups is 1. The van der Waals surface area contributed by atoms with Crippen LogP contribution >= 0.6 is 0 Å². The lowest BCUT2D eigenvalue weighted by molar-refractivity contribution is -0.116. The van der Waals surface area contributed by atoms with Crippen molar-refractivity contribution in [1.29, 1.82) is 5.26 Å². The normalized spacial score (nSPS) is 10.3. The van der Waals surface area contributed by atoms with E-state index in [2.05, 4.69) is 31.7 Å². The van der Waals surface area contributed by atoms with Gasteiger partial charge in [0, 0.05) is 30.6 Å². The van der Waals surface area contributed by atoms with E-state index in [1.54, 1.807) is 31.7 Å². The zero-order valence-corrected chi connectivity index (χ0v) is 13.5. The van der Waals surface area contributed by atoms with Crippen LogP contribution in [0, 0.1) is 11.3 Å². The lowest BCUT2D eigenvalue weighted by Crippen LogP contribution is -2.19. The number of rotatable bonds is 5. The first-order chi connectivity index (χ1) is 12.1. The van der Waals surface area contributed by atoms with Crippen molar-refractivity contribution in [1.82, 2.24) is 29.8 Å². The van der Waals surface area contributed by atoms with Gasteiger partial charge in [-0.3, -0.25) is 9.48 Å². The van der Waals surface area contributed by atoms with Crippen LogP contribution < -0.4 is 10.1 Å². The third-order valence-corrected chi connectivity index (χ3v) is 3.34. The summed E-state index contributed by atoms with van der Waals surface area (Å²) < 4.78 is 6.57. The smallest absolute Gasteiger partial charge is 0.247 e. The number of hydrogen-bond acceptors (Lipinski definition) is 7. The van der Waals surface area contributed by atoms with Crippen molar-refractivity contribution in [2.45, 2.75) is 6.54 Å². The Labute approximate surface area is 142 Å². The minimum Gasteiger partial charge on any atom is -0.480 e. The highest BCUT2D eigenvalue weighted by Gasteiger charge is 2.14. The average Bonchev–Trinajstić information content (AvgIpc) is 3.23. The molecule has 3 rings (SSSR count). The maximum atomic E-state index is 12.0. The number of aromatic nitrogens is 6. The van der Waals surface area contributed by atoms with Crippen molar-refractivity contribution in [3.8, 4) is 23.1 Å². The number of amides is 1. The first-order valence-electron chi connectivity index (χ1n) is 7.23. The molecule has 3 aromatic rings. The van der Waals surface area contributed by atoms with Crippen LogP contribution in [-0.4, -0.2) is 42.8 Å². The summed E-state index contributed by atoms with van der Waals surface area (Å²) >= 11 is 0. The molecule has 0 aromatic carbocycles. The number of nitrogens with one attached hydrogen (secondary N) is 1. The Balaban J connectivity index is 1.77. The fraction of sp³-hybridized carbons (Fsp3) is 0.200. The zero-order valence-electron chi connectivity index (χ0n) is 13.5. The molecule has 0 aliphatic rings. The zero-order chi connectivity index (χ0) is 17.8. The van der Waals surface area contributed by atoms with E-state index in [-0.39, 0.29) is 18.3 Å². The second-order valence-electron chi connectivity index (χ2n) is 5.05. The minimum absolute atomic E-state index is 0.000674. The second-order valence-corrected chi connectivity index (χ2v) is 5.05. The molecule has 3 heterocycles. The van der Waals surface area contributed by atoms with Crippen LogP contribution in [0.4, 0.5) is 5.82 Å². The van der Waals surface area contributed by atoms with Gasteiger partial charge in [-0.1, -0.05) is 0 Å². The van der Waals surface area contributed by atoms with E-state index in [0.29, 0.717) is 22.5 Å². The first-order valence-corrected chi connectivity index (χ1v) is 7.23. The third-order valence-electron chi connectivity index (χ3n) is 3.34. The van der Waals surface area contributed by atoms with Gasteiger partial charge in [-0.05, 0) is 6.07 Å². The van der Waals surface area contributed by atoms with Gasteiger partial charge in [0.15, 0.2) is 5.82 Å². The van der Waals surface area contributed by atoms with Crippen LogP contribution in [0.3, 0.4) is 0 Å². The molecule has 0 aliphatic heterocycles. The van der Waals surface area contributed by atoms with Crippen LogP contribution in [-0.2, 0) is 18.4 Å². The second kappa shape index (κ2) is 6.79. The molecule has 0 spiro atoms. The highest BCUT2D eigenvalue weighted by Crippen LogP contribution is 2.27. The molecule has 0 saturated carbocycles. The summed E-state index contributed by atoms with van der Waals surface area (Å²) in [4.78, 5) is 17.4. The maximum absolute atomic E-state index is 12.0. The quantitative estimate of drug-likeness (QED) is 0.722. The summed E-state index contributed by atoms with van der Waals surface area (Å²) in [5.41, 5.74) is 1.63. The van der Waals surface area contributed by atoms with Crippen molar-refractivity contribution in [2.24, 2.45) is 7.05 Å². The molecule has 0 aliphatic carbocycles. The Morgan fingerprint density at radius 3 is 2.92 bits per heavy atom. The molecule has 1 N–H and O–H groups in total. The highest BCUT2D eigenvalue weighted by molar-refractivity contribution is 5.89. The lowest BCUT2D eigenvalue weighted by Gasteiger charge is -2.05. The molecule has 0 fully saturated rings. The van der Waals surface area contributed by atoms with Crippen LogP contribution in [0.1, 0.15) is 5.56 Å². The van der Waals surface area contributed by atoms with Crippen molar-refractivity contribution in [3.63, 3.8) is 0 Å². The minimum atomic E-state index is -0.289. The molecule has 0 bridgehead atoms.